The van der Waals surface area contributed by atoms with Gasteiger partial charge in [0.1, 0.15) is 0 Å². The second kappa shape index (κ2) is 5.83. The van der Waals surface area contributed by atoms with Crippen molar-refractivity contribution in [2.24, 2.45) is 5.41 Å². The largest absolute Gasteiger partial charge is 0.323 e. The Hall–Kier alpha value is -1.55. The van der Waals surface area contributed by atoms with Crippen LogP contribution in [0.3, 0.4) is 0 Å². The lowest BCUT2D eigenvalue weighted by atomic mass is 9.85. The van der Waals surface area contributed by atoms with Crippen molar-refractivity contribution >= 4 is 11.0 Å². The van der Waals surface area contributed by atoms with Crippen molar-refractivity contribution in [3.05, 3.63) is 34.2 Å². The van der Waals surface area contributed by atoms with Gasteiger partial charge >= 0.3 is 5.69 Å². The van der Waals surface area contributed by atoms with Crippen LogP contribution < -0.4 is 11.0 Å². The van der Waals surface area contributed by atoms with Crippen molar-refractivity contribution in [3.8, 4) is 0 Å². The first-order valence-electron chi connectivity index (χ1n) is 7.34. The van der Waals surface area contributed by atoms with Gasteiger partial charge in [0.2, 0.25) is 0 Å². The van der Waals surface area contributed by atoms with E-state index in [2.05, 4.69) is 55.1 Å². The van der Waals surface area contributed by atoms with Gasteiger partial charge in [-0.25, -0.2) is 4.79 Å². The first kappa shape index (κ1) is 14.9. The van der Waals surface area contributed by atoms with Crippen molar-refractivity contribution in [1.29, 1.82) is 0 Å². The number of hydrogen-bond acceptors (Lipinski definition) is 2. The third kappa shape index (κ3) is 3.73. The molecule has 0 spiro atoms. The number of aromatic amines is 2. The zero-order chi connectivity index (χ0) is 14.8. The molecule has 3 N–H and O–H groups in total. The maximum atomic E-state index is 11.3. The summed E-state index contributed by atoms with van der Waals surface area (Å²) in [5.74, 6) is 0. The molecule has 110 valence electrons. The highest BCUT2D eigenvalue weighted by molar-refractivity contribution is 5.75. The Labute approximate surface area is 120 Å². The van der Waals surface area contributed by atoms with Crippen LogP contribution in [0.15, 0.2) is 23.0 Å². The lowest BCUT2D eigenvalue weighted by Gasteiger charge is -2.27. The van der Waals surface area contributed by atoms with Crippen LogP contribution in [0.25, 0.3) is 11.0 Å². The molecule has 0 aliphatic heterocycles. The maximum Gasteiger partial charge on any atom is 0.323 e. The Morgan fingerprint density at radius 2 is 1.90 bits per heavy atom. The molecule has 2 rings (SSSR count). The number of imidazole rings is 1. The third-order valence-electron chi connectivity index (χ3n) is 3.40. The highest BCUT2D eigenvalue weighted by Crippen LogP contribution is 2.30. The Balaban J connectivity index is 2.31. The number of fused-ring (bicyclic) bond motifs is 1. The fraction of sp³-hybridized carbons (Fsp3) is 0.562. The average molecular weight is 275 g/mol. The lowest BCUT2D eigenvalue weighted by molar-refractivity contribution is 0.312. The molecular weight excluding hydrogens is 250 g/mol. The van der Waals surface area contributed by atoms with Gasteiger partial charge in [-0.15, -0.1) is 0 Å². The van der Waals surface area contributed by atoms with E-state index in [0.717, 1.165) is 30.4 Å². The van der Waals surface area contributed by atoms with E-state index in [1.807, 2.05) is 6.07 Å². The fourth-order valence-electron chi connectivity index (χ4n) is 2.51. The molecule has 1 heterocycles. The summed E-state index contributed by atoms with van der Waals surface area (Å²) in [6, 6.07) is 6.47. The molecule has 4 nitrogen and oxygen atoms in total. The molecule has 0 amide bonds. The standard InChI is InChI=1S/C16H25N3O/c1-5-8-17-14(10-16(2,3)4)11-6-7-12-13(9-11)19-15(20)18-12/h6-7,9,14,17H,5,8,10H2,1-4H3,(H2,18,19,20). The minimum absolute atomic E-state index is 0.147. The average Bonchev–Trinajstić information content (AvgIpc) is 2.72. The molecule has 1 unspecified atom stereocenters. The zero-order valence-electron chi connectivity index (χ0n) is 12.8. The van der Waals surface area contributed by atoms with E-state index in [1.165, 1.54) is 5.56 Å². The molecule has 0 bridgehead atoms. The number of benzene rings is 1. The Morgan fingerprint density at radius 1 is 1.20 bits per heavy atom. The van der Waals surface area contributed by atoms with Gasteiger partial charge in [-0.3, -0.25) is 0 Å². The molecule has 1 aromatic heterocycles. The molecule has 0 saturated carbocycles. The Bertz CT molecular complexity index is 618. The lowest BCUT2D eigenvalue weighted by Crippen LogP contribution is -2.26. The summed E-state index contributed by atoms with van der Waals surface area (Å²) >= 11 is 0. The van der Waals surface area contributed by atoms with E-state index >= 15 is 0 Å². The molecule has 0 aliphatic rings. The van der Waals surface area contributed by atoms with Crippen LogP contribution in [0.2, 0.25) is 0 Å². The summed E-state index contributed by atoms with van der Waals surface area (Å²) < 4.78 is 0. The van der Waals surface area contributed by atoms with Crippen molar-refractivity contribution in [3.63, 3.8) is 0 Å². The van der Waals surface area contributed by atoms with Gasteiger partial charge in [0, 0.05) is 6.04 Å². The molecular formula is C16H25N3O. The normalized spacial score (nSPS) is 13.8. The van der Waals surface area contributed by atoms with Crippen molar-refractivity contribution < 1.29 is 0 Å². The second-order valence-corrected chi connectivity index (χ2v) is 6.66. The van der Waals surface area contributed by atoms with Crippen LogP contribution in [-0.4, -0.2) is 16.5 Å². The minimum Gasteiger partial charge on any atom is -0.310 e. The van der Waals surface area contributed by atoms with Gasteiger partial charge in [0.15, 0.2) is 0 Å². The molecule has 1 aromatic carbocycles. The summed E-state index contributed by atoms with van der Waals surface area (Å²) in [5.41, 5.74) is 3.09. The van der Waals surface area contributed by atoms with E-state index in [0.29, 0.717) is 6.04 Å². The molecule has 20 heavy (non-hydrogen) atoms. The summed E-state index contributed by atoms with van der Waals surface area (Å²) in [6.45, 7) is 9.94. The predicted octanol–water partition coefficient (Wildman–Crippen LogP) is 3.33. The van der Waals surface area contributed by atoms with E-state index in [1.54, 1.807) is 0 Å². The van der Waals surface area contributed by atoms with Crippen LogP contribution in [0, 0.1) is 5.41 Å². The van der Waals surface area contributed by atoms with Gasteiger partial charge in [-0.2, -0.15) is 0 Å². The van der Waals surface area contributed by atoms with Crippen LogP contribution in [0.4, 0.5) is 0 Å². The van der Waals surface area contributed by atoms with Gasteiger partial charge in [-0.1, -0.05) is 33.8 Å². The number of rotatable bonds is 5. The summed E-state index contributed by atoms with van der Waals surface area (Å²) in [4.78, 5) is 17.0. The SMILES string of the molecule is CCCNC(CC(C)(C)C)c1ccc2[nH]c(=O)[nH]c2c1. The van der Waals surface area contributed by atoms with Crippen LogP contribution in [-0.2, 0) is 0 Å². The van der Waals surface area contributed by atoms with Crippen molar-refractivity contribution in [1.82, 2.24) is 15.3 Å². The zero-order valence-corrected chi connectivity index (χ0v) is 12.8. The van der Waals surface area contributed by atoms with Gasteiger partial charge in [0.05, 0.1) is 11.0 Å². The third-order valence-corrected chi connectivity index (χ3v) is 3.40. The van der Waals surface area contributed by atoms with E-state index in [4.69, 9.17) is 0 Å². The monoisotopic (exact) mass is 275 g/mol. The first-order chi connectivity index (χ1) is 9.39. The number of hydrogen-bond donors (Lipinski definition) is 3. The topological polar surface area (TPSA) is 60.7 Å². The highest BCUT2D eigenvalue weighted by Gasteiger charge is 2.20. The highest BCUT2D eigenvalue weighted by atomic mass is 16.1. The second-order valence-electron chi connectivity index (χ2n) is 6.66. The van der Waals surface area contributed by atoms with Gasteiger partial charge in [0.25, 0.3) is 0 Å². The predicted molar refractivity (Wildman–Crippen MR) is 84.0 cm³/mol. The molecule has 4 heteroatoms. The molecule has 1 atom stereocenters. The molecule has 2 aromatic rings. The molecule has 0 radical (unpaired) electrons. The van der Waals surface area contributed by atoms with Gasteiger partial charge in [-0.05, 0) is 42.5 Å². The summed E-state index contributed by atoms with van der Waals surface area (Å²) in [6.07, 6.45) is 2.18. The quantitative estimate of drug-likeness (QED) is 0.784. The number of nitrogens with one attached hydrogen (secondary N) is 3. The Morgan fingerprint density at radius 3 is 2.55 bits per heavy atom. The minimum atomic E-state index is -0.147. The molecule has 0 aliphatic carbocycles. The number of aromatic nitrogens is 2. The molecule has 0 fully saturated rings. The van der Waals surface area contributed by atoms with Crippen LogP contribution in [0.5, 0.6) is 0 Å². The van der Waals surface area contributed by atoms with Crippen molar-refractivity contribution in [2.45, 2.75) is 46.6 Å². The Kier molecular flexibility index (Phi) is 4.33. The van der Waals surface area contributed by atoms with E-state index in [9.17, 15) is 4.79 Å². The maximum absolute atomic E-state index is 11.3. The smallest absolute Gasteiger partial charge is 0.310 e. The van der Waals surface area contributed by atoms with E-state index < -0.39 is 0 Å². The van der Waals surface area contributed by atoms with Crippen molar-refractivity contribution in [2.75, 3.05) is 6.54 Å². The summed E-state index contributed by atoms with van der Waals surface area (Å²) in [5, 5.41) is 3.61. The van der Waals surface area contributed by atoms with E-state index in [-0.39, 0.29) is 11.1 Å². The van der Waals surface area contributed by atoms with Crippen LogP contribution >= 0.6 is 0 Å². The summed E-state index contributed by atoms with van der Waals surface area (Å²) in [7, 11) is 0. The number of H-pyrrole nitrogens is 2. The molecule has 0 saturated heterocycles. The fourth-order valence-corrected chi connectivity index (χ4v) is 2.51. The van der Waals surface area contributed by atoms with Crippen LogP contribution in [0.1, 0.15) is 52.1 Å². The first-order valence-corrected chi connectivity index (χ1v) is 7.34. The van der Waals surface area contributed by atoms with Gasteiger partial charge < -0.3 is 15.3 Å².